The Bertz CT molecular complexity index is 891. The highest BCUT2D eigenvalue weighted by Gasteiger charge is 2.16. The minimum Gasteiger partial charge on any atom is -0.464 e. The average Bonchev–Trinajstić information content (AvgIpc) is 3.15. The molecular weight excluding hydrogens is 274 g/mol. The zero-order chi connectivity index (χ0) is 13.5. The standard InChI is InChI=1S/C14H9N3O2S/c15-12-9(5-6-20-12)14-16-13(17-19-14)10-7-18-11-4-2-1-3-8(10)11/h1-7H,15H2. The smallest absolute Gasteiger partial charge is 0.261 e. The summed E-state index contributed by atoms with van der Waals surface area (Å²) in [4.78, 5) is 4.40. The van der Waals surface area contributed by atoms with Crippen molar-refractivity contribution in [2.24, 2.45) is 0 Å². The lowest BCUT2D eigenvalue weighted by Crippen LogP contribution is -1.83. The van der Waals surface area contributed by atoms with Crippen LogP contribution in [0.15, 0.2) is 50.9 Å². The Kier molecular flexibility index (Phi) is 2.37. The van der Waals surface area contributed by atoms with E-state index in [-0.39, 0.29) is 0 Å². The summed E-state index contributed by atoms with van der Waals surface area (Å²) in [5.74, 6) is 0.916. The summed E-state index contributed by atoms with van der Waals surface area (Å²) in [7, 11) is 0. The molecule has 4 rings (SSSR count). The monoisotopic (exact) mass is 283 g/mol. The summed E-state index contributed by atoms with van der Waals surface area (Å²) in [5, 5.41) is 7.52. The van der Waals surface area contributed by atoms with Crippen LogP contribution in [0, 0.1) is 0 Å². The van der Waals surface area contributed by atoms with E-state index in [4.69, 9.17) is 14.7 Å². The van der Waals surface area contributed by atoms with E-state index < -0.39 is 0 Å². The fraction of sp³-hybridized carbons (Fsp3) is 0. The number of hydrogen-bond acceptors (Lipinski definition) is 6. The molecule has 98 valence electrons. The first-order valence-electron chi connectivity index (χ1n) is 5.96. The Balaban J connectivity index is 1.84. The zero-order valence-electron chi connectivity index (χ0n) is 10.2. The van der Waals surface area contributed by atoms with Crippen LogP contribution in [0.25, 0.3) is 33.8 Å². The van der Waals surface area contributed by atoms with E-state index in [0.717, 1.165) is 22.1 Å². The number of anilines is 1. The van der Waals surface area contributed by atoms with Crippen molar-refractivity contribution in [2.45, 2.75) is 0 Å². The Morgan fingerprint density at radius 3 is 2.85 bits per heavy atom. The van der Waals surface area contributed by atoms with Crippen LogP contribution in [0.1, 0.15) is 0 Å². The maximum atomic E-state index is 5.86. The van der Waals surface area contributed by atoms with Crippen molar-refractivity contribution in [3.05, 3.63) is 42.0 Å². The molecule has 2 N–H and O–H groups in total. The summed E-state index contributed by atoms with van der Waals surface area (Å²) in [6, 6.07) is 9.59. The highest BCUT2D eigenvalue weighted by Crippen LogP contribution is 2.33. The van der Waals surface area contributed by atoms with Crippen LogP contribution in [0.3, 0.4) is 0 Å². The van der Waals surface area contributed by atoms with Crippen LogP contribution in [-0.2, 0) is 0 Å². The number of nitrogen functional groups attached to an aromatic ring is 1. The number of fused-ring (bicyclic) bond motifs is 1. The van der Waals surface area contributed by atoms with Gasteiger partial charge in [-0.1, -0.05) is 23.4 Å². The van der Waals surface area contributed by atoms with E-state index in [0.29, 0.717) is 16.7 Å². The zero-order valence-corrected chi connectivity index (χ0v) is 11.1. The molecular formula is C14H9N3O2S. The number of aromatic nitrogens is 2. The molecule has 6 heteroatoms. The quantitative estimate of drug-likeness (QED) is 0.605. The largest absolute Gasteiger partial charge is 0.464 e. The molecule has 5 nitrogen and oxygen atoms in total. The normalized spacial score (nSPS) is 11.2. The number of benzene rings is 1. The van der Waals surface area contributed by atoms with Gasteiger partial charge in [-0.05, 0) is 17.5 Å². The van der Waals surface area contributed by atoms with Gasteiger partial charge in [-0.2, -0.15) is 4.98 Å². The predicted octanol–water partition coefficient (Wildman–Crippen LogP) is 3.79. The number of furan rings is 1. The summed E-state index contributed by atoms with van der Waals surface area (Å²) in [5.41, 5.74) is 8.23. The van der Waals surface area contributed by atoms with Gasteiger partial charge in [0.25, 0.3) is 5.89 Å². The molecule has 0 fully saturated rings. The predicted molar refractivity (Wildman–Crippen MR) is 77.2 cm³/mol. The van der Waals surface area contributed by atoms with Crippen LogP contribution in [0.2, 0.25) is 0 Å². The third kappa shape index (κ3) is 1.62. The van der Waals surface area contributed by atoms with Crippen LogP contribution in [0.4, 0.5) is 5.00 Å². The summed E-state index contributed by atoms with van der Waals surface area (Å²) in [6.07, 6.45) is 1.64. The van der Waals surface area contributed by atoms with Crippen molar-refractivity contribution < 1.29 is 8.94 Å². The fourth-order valence-electron chi connectivity index (χ4n) is 2.09. The number of nitrogens with zero attached hydrogens (tertiary/aromatic N) is 2. The van der Waals surface area contributed by atoms with Gasteiger partial charge in [-0.3, -0.25) is 0 Å². The third-order valence-corrected chi connectivity index (χ3v) is 3.82. The second-order valence-corrected chi connectivity index (χ2v) is 5.21. The molecule has 0 aliphatic heterocycles. The van der Waals surface area contributed by atoms with Crippen LogP contribution >= 0.6 is 11.3 Å². The molecule has 0 radical (unpaired) electrons. The Morgan fingerprint density at radius 1 is 1.10 bits per heavy atom. The summed E-state index contributed by atoms with van der Waals surface area (Å²) >= 11 is 1.44. The van der Waals surface area contributed by atoms with Crippen LogP contribution in [-0.4, -0.2) is 10.1 Å². The SMILES string of the molecule is Nc1sccc1-c1nc(-c2coc3ccccc23)no1. The van der Waals surface area contributed by atoms with Gasteiger partial charge in [0.05, 0.1) is 16.1 Å². The van der Waals surface area contributed by atoms with Gasteiger partial charge < -0.3 is 14.7 Å². The lowest BCUT2D eigenvalue weighted by molar-refractivity contribution is 0.432. The Hall–Kier alpha value is -2.60. The van der Waals surface area contributed by atoms with Gasteiger partial charge in [-0.25, -0.2) is 0 Å². The molecule has 4 aromatic rings. The first-order chi connectivity index (χ1) is 9.83. The molecule has 0 saturated heterocycles. The third-order valence-electron chi connectivity index (χ3n) is 3.07. The van der Waals surface area contributed by atoms with Gasteiger partial charge in [0.2, 0.25) is 5.82 Å². The molecule has 0 unspecified atom stereocenters. The minimum atomic E-state index is 0.420. The van der Waals surface area contributed by atoms with Crippen molar-refractivity contribution in [3.63, 3.8) is 0 Å². The Morgan fingerprint density at radius 2 is 2.00 bits per heavy atom. The average molecular weight is 283 g/mol. The highest BCUT2D eigenvalue weighted by molar-refractivity contribution is 7.14. The van der Waals surface area contributed by atoms with E-state index in [1.807, 2.05) is 35.7 Å². The van der Waals surface area contributed by atoms with Crippen molar-refractivity contribution in [1.29, 1.82) is 0 Å². The molecule has 3 heterocycles. The van der Waals surface area contributed by atoms with Gasteiger partial charge in [0.1, 0.15) is 11.8 Å². The van der Waals surface area contributed by atoms with Crippen molar-refractivity contribution >= 4 is 27.3 Å². The molecule has 0 saturated carbocycles. The molecule has 20 heavy (non-hydrogen) atoms. The number of hydrogen-bond donors (Lipinski definition) is 1. The van der Waals surface area contributed by atoms with E-state index in [1.165, 1.54) is 11.3 Å². The van der Waals surface area contributed by atoms with Crippen molar-refractivity contribution in [1.82, 2.24) is 10.1 Å². The Labute approximate surface area is 117 Å². The minimum absolute atomic E-state index is 0.420. The molecule has 0 spiro atoms. The summed E-state index contributed by atoms with van der Waals surface area (Å²) in [6.45, 7) is 0. The maximum Gasteiger partial charge on any atom is 0.261 e. The van der Waals surface area contributed by atoms with Gasteiger partial charge in [-0.15, -0.1) is 11.3 Å². The molecule has 1 aromatic carbocycles. The second-order valence-electron chi connectivity index (χ2n) is 4.27. The lowest BCUT2D eigenvalue weighted by Gasteiger charge is -1.90. The van der Waals surface area contributed by atoms with E-state index in [9.17, 15) is 0 Å². The second kappa shape index (κ2) is 4.21. The molecule has 0 amide bonds. The number of nitrogens with two attached hydrogens (primary N) is 1. The van der Waals surface area contributed by atoms with Crippen LogP contribution < -0.4 is 5.73 Å². The van der Waals surface area contributed by atoms with E-state index in [2.05, 4.69) is 10.1 Å². The lowest BCUT2D eigenvalue weighted by atomic mass is 10.2. The molecule has 0 bridgehead atoms. The highest BCUT2D eigenvalue weighted by atomic mass is 32.1. The molecule has 0 aliphatic rings. The molecule has 3 aromatic heterocycles. The fourth-order valence-corrected chi connectivity index (χ4v) is 2.72. The number of rotatable bonds is 2. The number of para-hydroxylation sites is 1. The van der Waals surface area contributed by atoms with Crippen LogP contribution in [0.5, 0.6) is 0 Å². The number of thiophene rings is 1. The summed E-state index contributed by atoms with van der Waals surface area (Å²) < 4.78 is 10.8. The van der Waals surface area contributed by atoms with Crippen molar-refractivity contribution in [3.8, 4) is 22.8 Å². The topological polar surface area (TPSA) is 78.1 Å². The molecule has 0 aliphatic carbocycles. The van der Waals surface area contributed by atoms with Gasteiger partial charge in [0, 0.05) is 5.39 Å². The first kappa shape index (κ1) is 11.2. The molecule has 0 atom stereocenters. The van der Waals surface area contributed by atoms with E-state index in [1.54, 1.807) is 6.26 Å². The van der Waals surface area contributed by atoms with Crippen molar-refractivity contribution in [2.75, 3.05) is 5.73 Å². The maximum absolute atomic E-state index is 5.86. The first-order valence-corrected chi connectivity index (χ1v) is 6.84. The van der Waals surface area contributed by atoms with E-state index >= 15 is 0 Å². The van der Waals surface area contributed by atoms with Gasteiger partial charge in [0.15, 0.2) is 0 Å². The van der Waals surface area contributed by atoms with Gasteiger partial charge >= 0.3 is 0 Å².